The third kappa shape index (κ3) is 3.90. The zero-order valence-electron chi connectivity index (χ0n) is 14.5. The highest BCUT2D eigenvalue weighted by Gasteiger charge is 2.28. The van der Waals surface area contributed by atoms with Crippen LogP contribution in [-0.4, -0.2) is 60.4 Å². The number of methoxy groups -OCH3 is 2. The second-order valence-electron chi connectivity index (χ2n) is 5.76. The number of benzene rings is 1. The normalized spacial score (nSPS) is 16.2. The number of likely N-dealkylation sites (tertiary alicyclic amines) is 1. The first-order valence-electron chi connectivity index (χ1n) is 8.12. The van der Waals surface area contributed by atoms with E-state index in [2.05, 4.69) is 14.9 Å². The fraction of sp³-hybridized carbons (Fsp3) is 0.333. The van der Waals surface area contributed by atoms with Crippen molar-refractivity contribution in [2.45, 2.75) is 12.5 Å². The molecule has 1 amide bonds. The SMILES string of the molecule is COC(=O)c1ccc(C(=O)N2CCC(Oc3ccc(OC)nn3)C2)cc1. The first-order chi connectivity index (χ1) is 12.6. The van der Waals surface area contributed by atoms with Crippen LogP contribution in [0, 0.1) is 0 Å². The molecule has 1 aromatic carbocycles. The van der Waals surface area contributed by atoms with E-state index in [1.54, 1.807) is 41.3 Å². The summed E-state index contributed by atoms with van der Waals surface area (Å²) in [5, 5.41) is 7.79. The summed E-state index contributed by atoms with van der Waals surface area (Å²) in [6, 6.07) is 9.76. The Morgan fingerprint density at radius 2 is 1.65 bits per heavy atom. The van der Waals surface area contributed by atoms with E-state index in [-0.39, 0.29) is 12.0 Å². The quantitative estimate of drug-likeness (QED) is 0.750. The molecule has 8 heteroatoms. The Bertz CT molecular complexity index is 776. The summed E-state index contributed by atoms with van der Waals surface area (Å²) in [5.41, 5.74) is 0.923. The number of rotatable bonds is 5. The van der Waals surface area contributed by atoms with Crippen molar-refractivity contribution in [3.8, 4) is 11.8 Å². The van der Waals surface area contributed by atoms with Crippen LogP contribution in [-0.2, 0) is 4.74 Å². The maximum Gasteiger partial charge on any atom is 0.337 e. The molecule has 136 valence electrons. The number of aromatic nitrogens is 2. The van der Waals surface area contributed by atoms with Crippen LogP contribution in [0.15, 0.2) is 36.4 Å². The molecule has 1 unspecified atom stereocenters. The Hall–Kier alpha value is -3.16. The van der Waals surface area contributed by atoms with Crippen molar-refractivity contribution < 1.29 is 23.8 Å². The lowest BCUT2D eigenvalue weighted by Gasteiger charge is -2.17. The van der Waals surface area contributed by atoms with Crippen molar-refractivity contribution in [1.82, 2.24) is 15.1 Å². The van der Waals surface area contributed by atoms with Crippen LogP contribution in [0.2, 0.25) is 0 Å². The Labute approximate surface area is 150 Å². The molecule has 0 aliphatic carbocycles. The van der Waals surface area contributed by atoms with Crippen molar-refractivity contribution >= 4 is 11.9 Å². The second-order valence-corrected chi connectivity index (χ2v) is 5.76. The van der Waals surface area contributed by atoms with Gasteiger partial charge in [0.1, 0.15) is 6.10 Å². The van der Waals surface area contributed by atoms with E-state index >= 15 is 0 Å². The molecule has 1 fully saturated rings. The molecule has 0 spiro atoms. The molecule has 26 heavy (non-hydrogen) atoms. The van der Waals surface area contributed by atoms with Crippen molar-refractivity contribution in [3.05, 3.63) is 47.5 Å². The molecule has 1 aliphatic heterocycles. The third-order valence-electron chi connectivity index (χ3n) is 4.10. The van der Waals surface area contributed by atoms with Gasteiger partial charge in [-0.15, -0.1) is 10.2 Å². The van der Waals surface area contributed by atoms with E-state index in [4.69, 9.17) is 9.47 Å². The molecular formula is C18H19N3O5. The number of carbonyl (C=O) groups is 2. The lowest BCUT2D eigenvalue weighted by molar-refractivity contribution is 0.0600. The van der Waals surface area contributed by atoms with Crippen molar-refractivity contribution in [2.24, 2.45) is 0 Å². The second kappa shape index (κ2) is 7.81. The molecule has 2 aromatic rings. The Morgan fingerprint density at radius 1 is 1.00 bits per heavy atom. The molecule has 1 atom stereocenters. The number of esters is 1. The van der Waals surface area contributed by atoms with Gasteiger partial charge in [-0.1, -0.05) is 0 Å². The van der Waals surface area contributed by atoms with Crippen molar-refractivity contribution in [3.63, 3.8) is 0 Å². The summed E-state index contributed by atoms with van der Waals surface area (Å²) >= 11 is 0. The molecule has 1 aliphatic rings. The standard InChI is InChI=1S/C18H19N3O5/c1-24-15-7-8-16(20-19-15)26-14-9-10-21(11-14)17(22)12-3-5-13(6-4-12)18(23)25-2/h3-8,14H,9-11H2,1-2H3. The lowest BCUT2D eigenvalue weighted by atomic mass is 10.1. The lowest BCUT2D eigenvalue weighted by Crippen LogP contribution is -2.31. The van der Waals surface area contributed by atoms with Gasteiger partial charge in [-0.25, -0.2) is 4.79 Å². The fourth-order valence-corrected chi connectivity index (χ4v) is 2.71. The predicted octanol–water partition coefficient (Wildman–Crippen LogP) is 1.57. The summed E-state index contributed by atoms with van der Waals surface area (Å²) in [5.74, 6) is 0.274. The monoisotopic (exact) mass is 357 g/mol. The minimum atomic E-state index is -0.431. The average Bonchev–Trinajstić information content (AvgIpc) is 3.16. The zero-order valence-corrected chi connectivity index (χ0v) is 14.5. The highest BCUT2D eigenvalue weighted by atomic mass is 16.5. The van der Waals surface area contributed by atoms with Crippen LogP contribution >= 0.6 is 0 Å². The van der Waals surface area contributed by atoms with E-state index in [0.717, 1.165) is 0 Å². The molecule has 3 rings (SSSR count). The van der Waals surface area contributed by atoms with Gasteiger partial charge in [-0.2, -0.15) is 0 Å². The van der Waals surface area contributed by atoms with E-state index in [1.807, 2.05) is 0 Å². The van der Waals surface area contributed by atoms with Crippen LogP contribution in [0.3, 0.4) is 0 Å². The number of hydrogen-bond acceptors (Lipinski definition) is 7. The summed E-state index contributed by atoms with van der Waals surface area (Å²) in [6.07, 6.45) is 0.565. The van der Waals surface area contributed by atoms with E-state index < -0.39 is 5.97 Å². The summed E-state index contributed by atoms with van der Waals surface area (Å²) < 4.78 is 15.4. The van der Waals surface area contributed by atoms with Crippen LogP contribution in [0.5, 0.6) is 11.8 Å². The number of carbonyl (C=O) groups excluding carboxylic acids is 2. The van der Waals surface area contributed by atoms with Gasteiger partial charge in [0.15, 0.2) is 0 Å². The number of amides is 1. The molecule has 1 aromatic heterocycles. The number of ether oxygens (including phenoxy) is 3. The maximum atomic E-state index is 12.6. The van der Waals surface area contributed by atoms with Gasteiger partial charge < -0.3 is 19.1 Å². The summed E-state index contributed by atoms with van der Waals surface area (Å²) in [4.78, 5) is 25.8. The van der Waals surface area contributed by atoms with Gasteiger partial charge in [-0.05, 0) is 24.3 Å². The fourth-order valence-electron chi connectivity index (χ4n) is 2.71. The molecule has 0 radical (unpaired) electrons. The van der Waals surface area contributed by atoms with E-state index in [1.165, 1.54) is 14.2 Å². The van der Waals surface area contributed by atoms with E-state index in [0.29, 0.717) is 42.4 Å². The molecule has 2 heterocycles. The zero-order chi connectivity index (χ0) is 18.5. The average molecular weight is 357 g/mol. The van der Waals surface area contributed by atoms with Gasteiger partial charge in [0.05, 0.1) is 26.3 Å². The van der Waals surface area contributed by atoms with Crippen LogP contribution in [0.4, 0.5) is 0 Å². The first-order valence-corrected chi connectivity index (χ1v) is 8.12. The molecule has 0 saturated carbocycles. The van der Waals surface area contributed by atoms with Gasteiger partial charge >= 0.3 is 5.97 Å². The topological polar surface area (TPSA) is 90.9 Å². The van der Waals surface area contributed by atoms with Crippen LogP contribution < -0.4 is 9.47 Å². The minimum absolute atomic E-state index is 0.103. The largest absolute Gasteiger partial charge is 0.480 e. The number of hydrogen-bond donors (Lipinski definition) is 0. The highest BCUT2D eigenvalue weighted by molar-refractivity contribution is 5.96. The first kappa shape index (κ1) is 17.7. The smallest absolute Gasteiger partial charge is 0.337 e. The Morgan fingerprint density at radius 3 is 2.27 bits per heavy atom. The van der Waals surface area contributed by atoms with Crippen LogP contribution in [0.25, 0.3) is 0 Å². The third-order valence-corrected chi connectivity index (χ3v) is 4.10. The Kier molecular flexibility index (Phi) is 5.31. The molecular weight excluding hydrogens is 338 g/mol. The van der Waals surface area contributed by atoms with Crippen molar-refractivity contribution in [2.75, 3.05) is 27.3 Å². The van der Waals surface area contributed by atoms with Crippen LogP contribution in [0.1, 0.15) is 27.1 Å². The van der Waals surface area contributed by atoms with E-state index in [9.17, 15) is 9.59 Å². The van der Waals surface area contributed by atoms with Crippen molar-refractivity contribution in [1.29, 1.82) is 0 Å². The molecule has 1 saturated heterocycles. The van der Waals surface area contributed by atoms with Gasteiger partial charge in [0, 0.05) is 30.7 Å². The summed E-state index contributed by atoms with van der Waals surface area (Å²) in [7, 11) is 2.84. The van der Waals surface area contributed by atoms with Gasteiger partial charge in [-0.3, -0.25) is 4.79 Å². The molecule has 0 bridgehead atoms. The van der Waals surface area contributed by atoms with Gasteiger partial charge in [0.25, 0.3) is 5.91 Å². The Balaban J connectivity index is 1.58. The molecule has 0 N–H and O–H groups in total. The summed E-state index contributed by atoms with van der Waals surface area (Å²) in [6.45, 7) is 1.05. The predicted molar refractivity (Wildman–Crippen MR) is 91.3 cm³/mol. The van der Waals surface area contributed by atoms with Gasteiger partial charge in [0.2, 0.25) is 11.8 Å². The minimum Gasteiger partial charge on any atom is -0.480 e. The maximum absolute atomic E-state index is 12.6. The highest BCUT2D eigenvalue weighted by Crippen LogP contribution is 2.19. The number of nitrogens with zero attached hydrogens (tertiary/aromatic N) is 3. The molecule has 8 nitrogen and oxygen atoms in total.